The number of thioether (sulfide) groups is 1. The fourth-order valence-corrected chi connectivity index (χ4v) is 3.99. The molecule has 0 saturated carbocycles. The number of hydrogen-bond donors (Lipinski definition) is 1. The summed E-state index contributed by atoms with van der Waals surface area (Å²) in [5.41, 5.74) is 4.69. The molecule has 3 aromatic rings. The van der Waals surface area contributed by atoms with Crippen molar-refractivity contribution in [3.05, 3.63) is 101 Å². The van der Waals surface area contributed by atoms with Gasteiger partial charge in [-0.3, -0.25) is 9.78 Å². The summed E-state index contributed by atoms with van der Waals surface area (Å²) in [6.07, 6.45) is 7.17. The van der Waals surface area contributed by atoms with Crippen molar-refractivity contribution in [2.24, 2.45) is 0 Å². The molecule has 0 aliphatic heterocycles. The molecule has 0 aliphatic rings. The number of hydrogen-bond acceptors (Lipinski definition) is 5. The summed E-state index contributed by atoms with van der Waals surface area (Å²) in [4.78, 5) is 32.4. The number of aryl methyl sites for hydroxylation is 1. The van der Waals surface area contributed by atoms with Gasteiger partial charge in [-0.15, -0.1) is 0 Å². The van der Waals surface area contributed by atoms with E-state index in [1.54, 1.807) is 36.7 Å². The van der Waals surface area contributed by atoms with E-state index in [4.69, 9.17) is 6.57 Å². The number of nitrogens with one attached hydrogen (secondary N) is 1. The Hall–Kier alpha value is -3.29. The zero-order valence-electron chi connectivity index (χ0n) is 19.9. The standard InChI is InChI=1S/C27H25N3O3S.Li/c1-18-7-4-5-9-21(18)23-15-19(16-25(28-2)20-8-6-13-29-17-20)10-11-22(23)26(31)30-24(27(32)33)12-14-34-3;/h4-11,13,15-17,24H,12,14H2,1,3H3,(H,30,31)(H,32,33);/q;+1/p-1/b25-16-;/t24-;/m0./s1. The van der Waals surface area contributed by atoms with Gasteiger partial charge in [0.05, 0.1) is 18.6 Å². The summed E-state index contributed by atoms with van der Waals surface area (Å²) >= 11 is 1.50. The van der Waals surface area contributed by atoms with E-state index in [2.05, 4.69) is 15.1 Å². The van der Waals surface area contributed by atoms with Gasteiger partial charge in [-0.2, -0.15) is 11.8 Å². The number of aromatic nitrogens is 1. The van der Waals surface area contributed by atoms with Crippen molar-refractivity contribution in [1.82, 2.24) is 10.3 Å². The molecule has 8 heteroatoms. The van der Waals surface area contributed by atoms with E-state index < -0.39 is 17.9 Å². The number of carbonyl (C=O) groups is 2. The van der Waals surface area contributed by atoms with Crippen LogP contribution in [-0.4, -0.2) is 34.9 Å². The maximum atomic E-state index is 13.2. The third-order valence-corrected chi connectivity index (χ3v) is 5.95. The van der Waals surface area contributed by atoms with E-state index >= 15 is 0 Å². The van der Waals surface area contributed by atoms with Crippen LogP contribution in [0.25, 0.3) is 27.7 Å². The number of carboxylic acid groups (broad SMARTS) is 1. The molecule has 3 rings (SSSR count). The third kappa shape index (κ3) is 7.34. The number of nitrogens with zero attached hydrogens (tertiary/aromatic N) is 2. The number of aliphatic carboxylic acids is 1. The van der Waals surface area contributed by atoms with Crippen molar-refractivity contribution in [3.8, 4) is 11.1 Å². The molecule has 1 heterocycles. The maximum absolute atomic E-state index is 13.2. The first-order valence-corrected chi connectivity index (χ1v) is 12.0. The van der Waals surface area contributed by atoms with Crippen LogP contribution in [0.5, 0.6) is 0 Å². The number of rotatable bonds is 9. The van der Waals surface area contributed by atoms with Crippen molar-refractivity contribution in [2.45, 2.75) is 19.4 Å². The largest absolute Gasteiger partial charge is 1.00 e. The van der Waals surface area contributed by atoms with E-state index in [1.165, 1.54) is 11.8 Å². The van der Waals surface area contributed by atoms with Crippen molar-refractivity contribution in [2.75, 3.05) is 12.0 Å². The predicted octanol–water partition coefficient (Wildman–Crippen LogP) is 1.08. The number of amides is 1. The van der Waals surface area contributed by atoms with Crippen LogP contribution in [0.1, 0.15) is 33.5 Å². The molecule has 2 aromatic carbocycles. The number of carbonyl (C=O) groups excluding carboxylic acids is 2. The van der Waals surface area contributed by atoms with Crippen LogP contribution in [0.4, 0.5) is 0 Å². The zero-order valence-corrected chi connectivity index (χ0v) is 20.8. The first kappa shape index (κ1) is 27.9. The Morgan fingerprint density at radius 2 is 1.94 bits per heavy atom. The second-order valence-electron chi connectivity index (χ2n) is 7.63. The van der Waals surface area contributed by atoms with Gasteiger partial charge >= 0.3 is 18.9 Å². The summed E-state index contributed by atoms with van der Waals surface area (Å²) in [7, 11) is 0. The molecule has 6 nitrogen and oxygen atoms in total. The van der Waals surface area contributed by atoms with E-state index in [0.29, 0.717) is 28.1 Å². The van der Waals surface area contributed by atoms with Crippen molar-refractivity contribution in [1.29, 1.82) is 0 Å². The van der Waals surface area contributed by atoms with Crippen LogP contribution < -0.4 is 29.3 Å². The Morgan fingerprint density at radius 3 is 2.57 bits per heavy atom. The molecule has 1 amide bonds. The smallest absolute Gasteiger partial charge is 0.548 e. The van der Waals surface area contributed by atoms with E-state index in [9.17, 15) is 14.7 Å². The molecule has 1 atom stereocenters. The average molecular weight is 478 g/mol. The van der Waals surface area contributed by atoms with Crippen LogP contribution in [0.3, 0.4) is 0 Å². The SMILES string of the molecule is [C-]#[N+]/C(=C\c1ccc(C(=O)N[C@@H](CCSC)C(=O)[O-])c(-c2ccccc2C)c1)c1cccnc1.[Li+]. The van der Waals surface area contributed by atoms with Gasteiger partial charge in [0.2, 0.25) is 0 Å². The van der Waals surface area contributed by atoms with E-state index in [0.717, 1.165) is 16.7 Å². The Balaban J connectivity index is 0.00000432. The molecule has 0 aliphatic carbocycles. The van der Waals surface area contributed by atoms with Crippen molar-refractivity contribution < 1.29 is 33.6 Å². The first-order chi connectivity index (χ1) is 16.4. The number of pyridine rings is 1. The van der Waals surface area contributed by atoms with E-state index in [-0.39, 0.29) is 25.3 Å². The molecule has 0 saturated heterocycles. The van der Waals surface area contributed by atoms with Crippen LogP contribution in [0.15, 0.2) is 67.0 Å². The molecule has 1 aromatic heterocycles. The monoisotopic (exact) mass is 477 g/mol. The van der Waals surface area contributed by atoms with Crippen LogP contribution in [0.2, 0.25) is 0 Å². The van der Waals surface area contributed by atoms with Crippen molar-refractivity contribution >= 4 is 35.4 Å². The Labute approximate surface area is 221 Å². The Bertz CT molecular complexity index is 1260. The summed E-state index contributed by atoms with van der Waals surface area (Å²) in [6, 6.07) is 15.4. The van der Waals surface area contributed by atoms with Crippen LogP contribution >= 0.6 is 11.8 Å². The zero-order chi connectivity index (χ0) is 24.5. The van der Waals surface area contributed by atoms with Gasteiger partial charge in [0.15, 0.2) is 5.70 Å². The second kappa shape index (κ2) is 13.6. The van der Waals surface area contributed by atoms with Gasteiger partial charge in [0.1, 0.15) is 0 Å². The molecular formula is C27H24LiN3O3S. The molecule has 0 radical (unpaired) electrons. The van der Waals surface area contributed by atoms with Gasteiger partial charge < -0.3 is 15.2 Å². The summed E-state index contributed by atoms with van der Waals surface area (Å²) in [6.45, 7) is 9.53. The molecule has 0 bridgehead atoms. The minimum Gasteiger partial charge on any atom is -0.548 e. The topological polar surface area (TPSA) is 86.5 Å². The van der Waals surface area contributed by atoms with Crippen LogP contribution in [-0.2, 0) is 4.79 Å². The molecule has 172 valence electrons. The quantitative estimate of drug-likeness (QED) is 0.368. The molecule has 0 fully saturated rings. The maximum Gasteiger partial charge on any atom is 1.00 e. The van der Waals surface area contributed by atoms with E-state index in [1.807, 2.05) is 49.6 Å². The average Bonchev–Trinajstić information content (AvgIpc) is 2.85. The molecule has 1 N–H and O–H groups in total. The fraction of sp³-hybridized carbons (Fsp3) is 0.185. The Morgan fingerprint density at radius 1 is 1.17 bits per heavy atom. The summed E-state index contributed by atoms with van der Waals surface area (Å²) in [5.74, 6) is -1.21. The summed E-state index contributed by atoms with van der Waals surface area (Å²) in [5, 5.41) is 14.2. The predicted molar refractivity (Wildman–Crippen MR) is 135 cm³/mol. The van der Waals surface area contributed by atoms with Gasteiger partial charge in [-0.1, -0.05) is 36.4 Å². The molecule has 35 heavy (non-hydrogen) atoms. The van der Waals surface area contributed by atoms with Gasteiger partial charge in [-0.25, -0.2) is 4.85 Å². The molecular weight excluding hydrogens is 453 g/mol. The van der Waals surface area contributed by atoms with Gasteiger partial charge in [0.25, 0.3) is 5.91 Å². The van der Waals surface area contributed by atoms with Crippen molar-refractivity contribution in [3.63, 3.8) is 0 Å². The van der Waals surface area contributed by atoms with Gasteiger partial charge in [0, 0.05) is 18.0 Å². The normalized spacial score (nSPS) is 11.6. The number of benzene rings is 2. The molecule has 0 unspecified atom stereocenters. The fourth-order valence-electron chi connectivity index (χ4n) is 3.52. The minimum absolute atomic E-state index is 0. The second-order valence-corrected chi connectivity index (χ2v) is 8.62. The Kier molecular flexibility index (Phi) is 10.8. The van der Waals surface area contributed by atoms with Crippen LogP contribution in [0, 0.1) is 13.5 Å². The van der Waals surface area contributed by atoms with Gasteiger partial charge in [-0.05, 0) is 77.4 Å². The summed E-state index contributed by atoms with van der Waals surface area (Å²) < 4.78 is 0. The number of carboxylic acids is 1. The molecule has 0 spiro atoms. The first-order valence-electron chi connectivity index (χ1n) is 10.6. The minimum atomic E-state index is -1.31. The third-order valence-electron chi connectivity index (χ3n) is 5.31.